The maximum absolute atomic E-state index is 13.2. The monoisotopic (exact) mass is 460 g/mol. The molecule has 1 atom stereocenters. The van der Waals surface area contributed by atoms with Gasteiger partial charge >= 0.3 is 5.69 Å². The third kappa shape index (κ3) is 4.11. The number of para-hydroxylation sites is 3. The standard InChI is InChI=1S/C26H28N4O4/c1-28-21-10-4-5-11-22(21)30(26(28)32)17-24(31)29-13-7-9-19(16-29)25-27-15-20(34-25)14-18-8-3-6-12-23(18)33-2/h3-6,8,10-12,15,19H,7,9,13-14,16-17H2,1-2H3/t19-/m1/s1. The number of carbonyl (C=O) groups is 1. The number of amides is 1. The molecular formula is C26H28N4O4. The minimum Gasteiger partial charge on any atom is -0.496 e. The first-order chi connectivity index (χ1) is 16.5. The van der Waals surface area contributed by atoms with Crippen molar-refractivity contribution in [3.8, 4) is 5.75 Å². The van der Waals surface area contributed by atoms with E-state index in [1.54, 1.807) is 29.5 Å². The molecule has 176 valence electrons. The average molecular weight is 461 g/mol. The first kappa shape index (κ1) is 22.0. The highest BCUT2D eigenvalue weighted by Crippen LogP contribution is 2.28. The lowest BCUT2D eigenvalue weighted by molar-refractivity contribution is -0.133. The molecule has 1 aliphatic rings. The highest BCUT2D eigenvalue weighted by Gasteiger charge is 2.28. The van der Waals surface area contributed by atoms with Crippen LogP contribution in [-0.2, 0) is 24.8 Å². The summed E-state index contributed by atoms with van der Waals surface area (Å²) in [4.78, 5) is 32.2. The molecule has 0 unspecified atom stereocenters. The van der Waals surface area contributed by atoms with E-state index in [0.29, 0.717) is 25.4 Å². The van der Waals surface area contributed by atoms with Gasteiger partial charge in [0.25, 0.3) is 0 Å². The predicted octanol–water partition coefficient (Wildman–Crippen LogP) is 3.33. The van der Waals surface area contributed by atoms with Gasteiger partial charge in [-0.3, -0.25) is 13.9 Å². The Kier molecular flexibility index (Phi) is 5.96. The number of aromatic nitrogens is 3. The number of piperidine rings is 1. The van der Waals surface area contributed by atoms with Crippen molar-refractivity contribution < 1.29 is 13.9 Å². The second-order valence-electron chi connectivity index (χ2n) is 8.75. The van der Waals surface area contributed by atoms with Gasteiger partial charge < -0.3 is 14.1 Å². The lowest BCUT2D eigenvalue weighted by Crippen LogP contribution is -2.42. The van der Waals surface area contributed by atoms with Crippen LogP contribution in [0.2, 0.25) is 0 Å². The number of nitrogens with zero attached hydrogens (tertiary/aromatic N) is 4. The van der Waals surface area contributed by atoms with Gasteiger partial charge in [0, 0.05) is 32.1 Å². The van der Waals surface area contributed by atoms with Crippen LogP contribution in [0.4, 0.5) is 0 Å². The molecule has 0 saturated carbocycles. The lowest BCUT2D eigenvalue weighted by atomic mass is 9.98. The largest absolute Gasteiger partial charge is 0.496 e. The Labute approximate surface area is 197 Å². The van der Waals surface area contributed by atoms with E-state index in [-0.39, 0.29) is 24.1 Å². The van der Waals surface area contributed by atoms with Gasteiger partial charge in [-0.25, -0.2) is 9.78 Å². The average Bonchev–Trinajstić information content (AvgIpc) is 3.43. The van der Waals surface area contributed by atoms with Crippen LogP contribution in [0.5, 0.6) is 5.75 Å². The molecular weight excluding hydrogens is 432 g/mol. The highest BCUT2D eigenvalue weighted by atomic mass is 16.5. The summed E-state index contributed by atoms with van der Waals surface area (Å²) in [6, 6.07) is 15.4. The smallest absolute Gasteiger partial charge is 0.329 e. The van der Waals surface area contributed by atoms with E-state index in [4.69, 9.17) is 9.15 Å². The zero-order valence-corrected chi connectivity index (χ0v) is 19.4. The number of fused-ring (bicyclic) bond motifs is 1. The molecule has 1 saturated heterocycles. The lowest BCUT2D eigenvalue weighted by Gasteiger charge is -2.31. The summed E-state index contributed by atoms with van der Waals surface area (Å²) >= 11 is 0. The number of imidazole rings is 1. The van der Waals surface area contributed by atoms with Crippen molar-refractivity contribution in [2.45, 2.75) is 31.7 Å². The summed E-state index contributed by atoms with van der Waals surface area (Å²) in [7, 11) is 3.39. The molecule has 0 spiro atoms. The van der Waals surface area contributed by atoms with Gasteiger partial charge in [-0.2, -0.15) is 0 Å². The van der Waals surface area contributed by atoms with Crippen LogP contribution in [0.3, 0.4) is 0 Å². The minimum absolute atomic E-state index is 0.0253. The van der Waals surface area contributed by atoms with Crippen molar-refractivity contribution in [1.29, 1.82) is 0 Å². The van der Waals surface area contributed by atoms with Crippen LogP contribution in [0.1, 0.15) is 36.0 Å². The molecule has 8 nitrogen and oxygen atoms in total. The van der Waals surface area contributed by atoms with Crippen molar-refractivity contribution in [3.63, 3.8) is 0 Å². The third-order valence-electron chi connectivity index (χ3n) is 6.60. The molecule has 1 aliphatic heterocycles. The van der Waals surface area contributed by atoms with Crippen LogP contribution in [0.15, 0.2) is 63.9 Å². The van der Waals surface area contributed by atoms with Crippen LogP contribution < -0.4 is 10.4 Å². The number of ether oxygens (including phenoxy) is 1. The molecule has 2 aromatic heterocycles. The van der Waals surface area contributed by atoms with E-state index < -0.39 is 0 Å². The Bertz CT molecular complexity index is 1380. The summed E-state index contributed by atoms with van der Waals surface area (Å²) in [6.45, 7) is 1.23. The van der Waals surface area contributed by atoms with Gasteiger partial charge in [-0.1, -0.05) is 30.3 Å². The zero-order valence-electron chi connectivity index (χ0n) is 19.4. The number of aryl methyl sites for hydroxylation is 1. The van der Waals surface area contributed by atoms with Crippen LogP contribution in [0, 0.1) is 0 Å². The maximum atomic E-state index is 13.2. The quantitative estimate of drug-likeness (QED) is 0.441. The fourth-order valence-electron chi connectivity index (χ4n) is 4.79. The minimum atomic E-state index is -0.184. The molecule has 0 N–H and O–H groups in total. The Balaban J connectivity index is 1.29. The number of hydrogen-bond acceptors (Lipinski definition) is 5. The van der Waals surface area contributed by atoms with Gasteiger partial charge in [0.2, 0.25) is 5.91 Å². The van der Waals surface area contributed by atoms with Crippen molar-refractivity contribution in [3.05, 3.63) is 82.4 Å². The van der Waals surface area contributed by atoms with Crippen LogP contribution in [0.25, 0.3) is 11.0 Å². The highest BCUT2D eigenvalue weighted by molar-refractivity contribution is 5.81. The Morgan fingerprint density at radius 3 is 2.74 bits per heavy atom. The van der Waals surface area contributed by atoms with Gasteiger partial charge in [0.15, 0.2) is 5.89 Å². The first-order valence-corrected chi connectivity index (χ1v) is 11.5. The fourth-order valence-corrected chi connectivity index (χ4v) is 4.79. The molecule has 0 radical (unpaired) electrons. The Morgan fingerprint density at radius 2 is 1.91 bits per heavy atom. The van der Waals surface area contributed by atoms with Gasteiger partial charge in [-0.05, 0) is 31.0 Å². The van der Waals surface area contributed by atoms with Crippen LogP contribution >= 0.6 is 0 Å². The molecule has 4 aromatic rings. The van der Waals surface area contributed by atoms with Crippen molar-refractivity contribution >= 4 is 16.9 Å². The number of methoxy groups -OCH3 is 1. The molecule has 1 fully saturated rings. The summed E-state index contributed by atoms with van der Waals surface area (Å²) in [5, 5.41) is 0. The molecule has 0 bridgehead atoms. The second kappa shape index (κ2) is 9.21. The number of rotatable bonds is 6. The van der Waals surface area contributed by atoms with Crippen molar-refractivity contribution in [2.75, 3.05) is 20.2 Å². The van der Waals surface area contributed by atoms with E-state index in [0.717, 1.165) is 40.9 Å². The summed E-state index contributed by atoms with van der Waals surface area (Å²) in [5.74, 6) is 2.21. The van der Waals surface area contributed by atoms with Crippen LogP contribution in [-0.4, -0.2) is 45.1 Å². The van der Waals surface area contributed by atoms with Gasteiger partial charge in [0.1, 0.15) is 18.1 Å². The molecule has 1 amide bonds. The molecule has 2 aromatic carbocycles. The second-order valence-corrected chi connectivity index (χ2v) is 8.75. The molecule has 0 aliphatic carbocycles. The van der Waals surface area contributed by atoms with Crippen molar-refractivity contribution in [2.24, 2.45) is 7.05 Å². The van der Waals surface area contributed by atoms with E-state index in [2.05, 4.69) is 4.98 Å². The third-order valence-corrected chi connectivity index (χ3v) is 6.60. The Hall–Kier alpha value is -3.81. The summed E-state index contributed by atoms with van der Waals surface area (Å²) in [6.07, 6.45) is 4.13. The topological polar surface area (TPSA) is 82.5 Å². The molecule has 8 heteroatoms. The fraction of sp³-hybridized carbons (Fsp3) is 0.346. The number of likely N-dealkylation sites (tertiary alicyclic amines) is 1. The Morgan fingerprint density at radius 1 is 1.15 bits per heavy atom. The first-order valence-electron chi connectivity index (χ1n) is 11.5. The van der Waals surface area contributed by atoms with Gasteiger partial charge in [-0.15, -0.1) is 0 Å². The maximum Gasteiger partial charge on any atom is 0.329 e. The van der Waals surface area contributed by atoms with E-state index in [9.17, 15) is 9.59 Å². The summed E-state index contributed by atoms with van der Waals surface area (Å²) < 4.78 is 14.7. The zero-order chi connectivity index (χ0) is 23.7. The molecule has 34 heavy (non-hydrogen) atoms. The molecule has 3 heterocycles. The molecule has 5 rings (SSSR count). The summed E-state index contributed by atoms with van der Waals surface area (Å²) in [5.41, 5.74) is 2.44. The number of hydrogen-bond donors (Lipinski definition) is 0. The number of oxazole rings is 1. The SMILES string of the molecule is COc1ccccc1Cc1cnc([C@@H]2CCCN(C(=O)Cn3c(=O)n(C)c4ccccc43)C2)o1. The van der Waals surface area contributed by atoms with Crippen molar-refractivity contribution in [1.82, 2.24) is 19.0 Å². The predicted molar refractivity (Wildman–Crippen MR) is 128 cm³/mol. The van der Waals surface area contributed by atoms with Gasteiger partial charge in [0.05, 0.1) is 30.3 Å². The number of benzene rings is 2. The van der Waals surface area contributed by atoms with E-state index in [1.807, 2.05) is 53.4 Å². The normalized spacial score (nSPS) is 16.2. The van der Waals surface area contributed by atoms with E-state index in [1.165, 1.54) is 0 Å². The number of carbonyl (C=O) groups excluding carboxylic acids is 1. The van der Waals surface area contributed by atoms with E-state index >= 15 is 0 Å².